The van der Waals surface area contributed by atoms with Crippen molar-refractivity contribution in [1.29, 1.82) is 0 Å². The summed E-state index contributed by atoms with van der Waals surface area (Å²) < 4.78 is 15.8. The molecule has 6 nitrogen and oxygen atoms in total. The SMILES string of the molecule is Cc1cn(Cc2ccc(F)cc2)c(=O)c2c(O)c(=O)c(C(=O)C(C)(C)C)cn12.Cl. The molecule has 0 unspecified atom stereocenters. The van der Waals surface area contributed by atoms with E-state index < -0.39 is 27.9 Å². The predicted octanol–water partition coefficient (Wildman–Crippen LogP) is 3.31. The summed E-state index contributed by atoms with van der Waals surface area (Å²) in [6.07, 6.45) is 2.87. The second-order valence-corrected chi connectivity index (χ2v) is 7.85. The first-order chi connectivity index (χ1) is 13.0. The molecular weight excluding hydrogens is 399 g/mol. The Balaban J connectivity index is 0.00000300. The molecule has 2 heterocycles. The van der Waals surface area contributed by atoms with Gasteiger partial charge in [0, 0.05) is 23.5 Å². The van der Waals surface area contributed by atoms with Crippen molar-refractivity contribution in [2.24, 2.45) is 5.41 Å². The number of aryl methyl sites for hydroxylation is 1. The lowest BCUT2D eigenvalue weighted by molar-refractivity contribution is 0.0856. The fourth-order valence-corrected chi connectivity index (χ4v) is 3.04. The Kier molecular flexibility index (Phi) is 6.04. The van der Waals surface area contributed by atoms with E-state index in [2.05, 4.69) is 0 Å². The number of rotatable bonds is 3. The third-order valence-electron chi connectivity index (χ3n) is 4.56. The van der Waals surface area contributed by atoms with E-state index in [0.29, 0.717) is 11.3 Å². The maximum Gasteiger partial charge on any atom is 0.279 e. The monoisotopic (exact) mass is 420 g/mol. The number of pyridine rings is 1. The summed E-state index contributed by atoms with van der Waals surface area (Å²) in [5.41, 5.74) is -1.39. The van der Waals surface area contributed by atoms with E-state index in [0.717, 1.165) is 0 Å². The summed E-state index contributed by atoms with van der Waals surface area (Å²) >= 11 is 0. The molecule has 0 fully saturated rings. The summed E-state index contributed by atoms with van der Waals surface area (Å²) in [5, 5.41) is 10.4. The highest BCUT2D eigenvalue weighted by molar-refractivity contribution is 6.00. The van der Waals surface area contributed by atoms with E-state index in [1.54, 1.807) is 46.0 Å². The van der Waals surface area contributed by atoms with Crippen LogP contribution < -0.4 is 11.0 Å². The Labute approximate surface area is 172 Å². The Hall–Kier alpha value is -2.93. The van der Waals surface area contributed by atoms with Gasteiger partial charge in [0.05, 0.1) is 12.1 Å². The number of halogens is 2. The topological polar surface area (TPSA) is 80.8 Å². The number of nitrogens with zero attached hydrogens (tertiary/aromatic N) is 2. The molecular formula is C21H22ClFN2O4. The molecule has 0 atom stereocenters. The number of benzene rings is 1. The van der Waals surface area contributed by atoms with Crippen molar-refractivity contribution in [3.8, 4) is 5.75 Å². The standard InChI is InChI=1S/C21H21FN2O4.ClH/c1-12-9-23(10-13-5-7-14(22)8-6-13)20(28)16-18(26)17(25)15(11-24(12)16)19(27)21(2,3)4;/h5-9,11,26H,10H2,1-4H3;1H. The van der Waals surface area contributed by atoms with E-state index in [-0.39, 0.29) is 35.8 Å². The highest BCUT2D eigenvalue weighted by Gasteiger charge is 2.28. The number of hydrogen-bond donors (Lipinski definition) is 1. The molecule has 0 aliphatic carbocycles. The Morgan fingerprint density at radius 1 is 1.10 bits per heavy atom. The molecule has 0 saturated heterocycles. The van der Waals surface area contributed by atoms with Gasteiger partial charge in [-0.3, -0.25) is 14.4 Å². The molecule has 0 aliphatic rings. The van der Waals surface area contributed by atoms with Gasteiger partial charge in [0.25, 0.3) is 5.56 Å². The van der Waals surface area contributed by atoms with E-state index >= 15 is 0 Å². The fraction of sp³-hybridized carbons (Fsp3) is 0.286. The van der Waals surface area contributed by atoms with Gasteiger partial charge >= 0.3 is 0 Å². The normalized spacial score (nSPS) is 11.3. The van der Waals surface area contributed by atoms with Gasteiger partial charge in [-0.05, 0) is 24.6 Å². The Morgan fingerprint density at radius 3 is 2.24 bits per heavy atom. The van der Waals surface area contributed by atoms with Crippen molar-refractivity contribution >= 4 is 23.7 Å². The van der Waals surface area contributed by atoms with Crippen molar-refractivity contribution in [2.45, 2.75) is 34.2 Å². The molecule has 0 amide bonds. The van der Waals surface area contributed by atoms with E-state index in [1.165, 1.54) is 27.3 Å². The van der Waals surface area contributed by atoms with Crippen molar-refractivity contribution in [3.63, 3.8) is 0 Å². The molecule has 1 aromatic carbocycles. The molecule has 0 spiro atoms. The fourth-order valence-electron chi connectivity index (χ4n) is 3.04. The summed E-state index contributed by atoms with van der Waals surface area (Å²) in [6, 6.07) is 5.69. The van der Waals surface area contributed by atoms with Gasteiger partial charge in [-0.25, -0.2) is 4.39 Å². The zero-order chi connectivity index (χ0) is 20.8. The van der Waals surface area contributed by atoms with E-state index in [4.69, 9.17) is 0 Å². The second kappa shape index (κ2) is 7.83. The molecule has 154 valence electrons. The first kappa shape index (κ1) is 22.4. The summed E-state index contributed by atoms with van der Waals surface area (Å²) in [4.78, 5) is 38.0. The average Bonchev–Trinajstić information content (AvgIpc) is 2.62. The molecule has 2 aromatic heterocycles. The second-order valence-electron chi connectivity index (χ2n) is 7.85. The van der Waals surface area contributed by atoms with Crippen LogP contribution in [0.25, 0.3) is 5.52 Å². The van der Waals surface area contributed by atoms with Crippen molar-refractivity contribution in [1.82, 2.24) is 8.97 Å². The van der Waals surface area contributed by atoms with Gasteiger partial charge in [0.2, 0.25) is 5.43 Å². The number of hydrogen-bond acceptors (Lipinski definition) is 4. The zero-order valence-corrected chi connectivity index (χ0v) is 17.3. The van der Waals surface area contributed by atoms with Crippen LogP contribution in [0.5, 0.6) is 5.75 Å². The highest BCUT2D eigenvalue weighted by Crippen LogP contribution is 2.22. The molecule has 0 aliphatic heterocycles. The van der Waals surface area contributed by atoms with Crippen LogP contribution in [0.1, 0.15) is 42.4 Å². The minimum atomic E-state index is -0.865. The van der Waals surface area contributed by atoms with Gasteiger partial charge in [0.15, 0.2) is 17.0 Å². The largest absolute Gasteiger partial charge is 0.503 e. The number of carbonyl (C=O) groups is 1. The van der Waals surface area contributed by atoms with Crippen molar-refractivity contribution < 1.29 is 14.3 Å². The molecule has 29 heavy (non-hydrogen) atoms. The third-order valence-corrected chi connectivity index (χ3v) is 4.56. The van der Waals surface area contributed by atoms with Gasteiger partial charge < -0.3 is 14.1 Å². The van der Waals surface area contributed by atoms with Crippen LogP contribution in [-0.2, 0) is 6.54 Å². The minimum Gasteiger partial charge on any atom is -0.503 e. The third kappa shape index (κ3) is 4.10. The number of ketones is 1. The number of Topliss-reactive ketones (excluding diaryl/α,β-unsaturated/α-hetero) is 1. The molecule has 0 radical (unpaired) electrons. The Bertz CT molecular complexity index is 1210. The van der Waals surface area contributed by atoms with E-state index in [1.807, 2.05) is 0 Å². The van der Waals surface area contributed by atoms with E-state index in [9.17, 15) is 23.9 Å². The van der Waals surface area contributed by atoms with Crippen molar-refractivity contribution in [3.05, 3.63) is 79.9 Å². The van der Waals surface area contributed by atoms with Crippen molar-refractivity contribution in [2.75, 3.05) is 0 Å². The predicted molar refractivity (Wildman–Crippen MR) is 111 cm³/mol. The smallest absolute Gasteiger partial charge is 0.279 e. The molecule has 0 saturated carbocycles. The molecule has 3 rings (SSSR count). The van der Waals surface area contributed by atoms with Gasteiger partial charge in [-0.15, -0.1) is 12.4 Å². The van der Waals surface area contributed by atoms with Crippen LogP contribution in [0.4, 0.5) is 4.39 Å². The number of fused-ring (bicyclic) bond motifs is 1. The average molecular weight is 421 g/mol. The quantitative estimate of drug-likeness (QED) is 0.659. The van der Waals surface area contributed by atoms with Crippen LogP contribution in [0.2, 0.25) is 0 Å². The Morgan fingerprint density at radius 2 is 1.69 bits per heavy atom. The molecule has 1 N–H and O–H groups in total. The van der Waals surface area contributed by atoms with Crippen LogP contribution in [0.15, 0.2) is 46.2 Å². The lowest BCUT2D eigenvalue weighted by Gasteiger charge is -2.18. The first-order valence-corrected chi connectivity index (χ1v) is 8.78. The van der Waals surface area contributed by atoms with Gasteiger partial charge in [-0.1, -0.05) is 32.9 Å². The molecule has 3 aromatic rings. The van der Waals surface area contributed by atoms with Crippen LogP contribution in [-0.4, -0.2) is 19.9 Å². The van der Waals surface area contributed by atoms with Crippen LogP contribution >= 0.6 is 12.4 Å². The molecule has 0 bridgehead atoms. The highest BCUT2D eigenvalue weighted by atomic mass is 35.5. The maximum absolute atomic E-state index is 13.1. The summed E-state index contributed by atoms with van der Waals surface area (Å²) in [5.74, 6) is -1.56. The summed E-state index contributed by atoms with van der Waals surface area (Å²) in [7, 11) is 0. The number of aromatic hydroxyl groups is 1. The lowest BCUT2D eigenvalue weighted by atomic mass is 9.87. The van der Waals surface area contributed by atoms with Crippen LogP contribution in [0.3, 0.4) is 0 Å². The van der Waals surface area contributed by atoms with Crippen LogP contribution in [0, 0.1) is 18.2 Å². The maximum atomic E-state index is 13.1. The zero-order valence-electron chi connectivity index (χ0n) is 16.5. The summed E-state index contributed by atoms with van der Waals surface area (Å²) in [6.45, 7) is 6.87. The number of aromatic nitrogens is 2. The minimum absolute atomic E-state index is 0. The number of carbonyl (C=O) groups excluding carboxylic acids is 1. The van der Waals surface area contributed by atoms with Gasteiger partial charge in [0.1, 0.15) is 5.82 Å². The van der Waals surface area contributed by atoms with Gasteiger partial charge in [-0.2, -0.15) is 0 Å². The molecule has 8 heteroatoms. The first-order valence-electron chi connectivity index (χ1n) is 8.78. The lowest BCUT2D eigenvalue weighted by Crippen LogP contribution is -2.30.